The normalized spacial score (nSPS) is 17.7. The summed E-state index contributed by atoms with van der Waals surface area (Å²) in [6.07, 6.45) is 2.89. The van der Waals surface area contributed by atoms with Gasteiger partial charge in [-0.1, -0.05) is 6.07 Å². The molecule has 2 aromatic heterocycles. The quantitative estimate of drug-likeness (QED) is 0.431. The number of pyridine rings is 1. The molecule has 1 aromatic carbocycles. The third-order valence-corrected chi connectivity index (χ3v) is 6.40. The van der Waals surface area contributed by atoms with Gasteiger partial charge in [0, 0.05) is 50.0 Å². The number of benzene rings is 1. The number of aliphatic hydroxyl groups is 1. The fourth-order valence-corrected chi connectivity index (χ4v) is 4.59. The van der Waals surface area contributed by atoms with Crippen molar-refractivity contribution in [2.75, 3.05) is 13.2 Å². The van der Waals surface area contributed by atoms with Gasteiger partial charge in [-0.15, -0.1) is 12.4 Å². The molecule has 3 N–H and O–H groups in total. The van der Waals surface area contributed by atoms with Crippen molar-refractivity contribution in [2.45, 2.75) is 51.9 Å². The van der Waals surface area contributed by atoms with Crippen molar-refractivity contribution in [3.05, 3.63) is 51.9 Å². The summed E-state index contributed by atoms with van der Waals surface area (Å²) in [6, 6.07) is 6.67. The topological polar surface area (TPSA) is 119 Å². The molecule has 0 aliphatic carbocycles. The maximum atomic E-state index is 12.2. The minimum absolute atomic E-state index is 0. The van der Waals surface area contributed by atoms with E-state index in [1.807, 2.05) is 30.5 Å². The van der Waals surface area contributed by atoms with E-state index in [-0.39, 0.29) is 18.0 Å². The van der Waals surface area contributed by atoms with E-state index < -0.39 is 18.1 Å². The SMILES string of the molecule is Cc1cc(-c2nc3ccc(CNC(C(=O)O)C(C)O)cc3n2CC2CCCOC2)cn(C)c1=O.Cl. The molecule has 3 heterocycles. The third kappa shape index (κ3) is 5.92. The molecule has 0 saturated carbocycles. The van der Waals surface area contributed by atoms with Crippen LogP contribution < -0.4 is 10.9 Å². The molecule has 4 rings (SSSR count). The van der Waals surface area contributed by atoms with Crippen molar-refractivity contribution in [3.8, 4) is 11.4 Å². The summed E-state index contributed by atoms with van der Waals surface area (Å²) in [5.41, 5.74) is 4.15. The number of hydrogen-bond donors (Lipinski definition) is 3. The monoisotopic (exact) mass is 504 g/mol. The zero-order valence-corrected chi connectivity index (χ0v) is 21.0. The lowest BCUT2D eigenvalue weighted by Gasteiger charge is -2.24. The number of hydrogen-bond acceptors (Lipinski definition) is 6. The minimum atomic E-state index is -1.09. The highest BCUT2D eigenvalue weighted by molar-refractivity contribution is 5.85. The zero-order chi connectivity index (χ0) is 24.4. The van der Waals surface area contributed by atoms with Gasteiger partial charge in [0.25, 0.3) is 5.56 Å². The number of fused-ring (bicyclic) bond motifs is 1. The number of aromatic nitrogens is 3. The molecule has 1 fully saturated rings. The second-order valence-corrected chi connectivity index (χ2v) is 9.22. The first kappa shape index (κ1) is 26.9. The molecule has 0 bridgehead atoms. The Kier molecular flexibility index (Phi) is 8.71. The Bertz CT molecular complexity index is 1220. The molecule has 3 atom stereocenters. The first-order valence-corrected chi connectivity index (χ1v) is 11.6. The van der Waals surface area contributed by atoms with Crippen molar-refractivity contribution in [3.63, 3.8) is 0 Å². The van der Waals surface area contributed by atoms with E-state index >= 15 is 0 Å². The van der Waals surface area contributed by atoms with E-state index in [1.165, 1.54) is 6.92 Å². The largest absolute Gasteiger partial charge is 0.480 e. The molecule has 190 valence electrons. The van der Waals surface area contributed by atoms with Crippen LogP contribution in [0.1, 0.15) is 30.9 Å². The Balaban J connectivity index is 0.00000342. The molecule has 10 heteroatoms. The summed E-state index contributed by atoms with van der Waals surface area (Å²) in [5.74, 6) is 0.0504. The number of aliphatic hydroxyl groups excluding tert-OH is 1. The predicted octanol–water partition coefficient (Wildman–Crippen LogP) is 2.48. The van der Waals surface area contributed by atoms with Crippen molar-refractivity contribution >= 4 is 29.4 Å². The van der Waals surface area contributed by atoms with Gasteiger partial charge in [-0.3, -0.25) is 14.9 Å². The van der Waals surface area contributed by atoms with Crippen LogP contribution in [0.3, 0.4) is 0 Å². The number of ether oxygens (including phenoxy) is 1. The smallest absolute Gasteiger partial charge is 0.323 e. The Morgan fingerprint density at radius 3 is 2.74 bits per heavy atom. The maximum absolute atomic E-state index is 12.2. The molecule has 1 saturated heterocycles. The van der Waals surface area contributed by atoms with Gasteiger partial charge in [0.1, 0.15) is 11.9 Å². The number of aryl methyl sites for hydroxylation is 2. The average molecular weight is 505 g/mol. The summed E-state index contributed by atoms with van der Waals surface area (Å²) in [5, 5.41) is 22.0. The van der Waals surface area contributed by atoms with E-state index in [2.05, 4.69) is 9.88 Å². The van der Waals surface area contributed by atoms with Crippen LogP contribution in [0.5, 0.6) is 0 Å². The van der Waals surface area contributed by atoms with Gasteiger partial charge in [-0.25, -0.2) is 4.98 Å². The lowest BCUT2D eigenvalue weighted by atomic mass is 10.0. The van der Waals surface area contributed by atoms with Crippen molar-refractivity contribution < 1.29 is 19.7 Å². The fourth-order valence-electron chi connectivity index (χ4n) is 4.59. The van der Waals surface area contributed by atoms with Gasteiger partial charge >= 0.3 is 5.97 Å². The number of nitrogens with zero attached hydrogens (tertiary/aromatic N) is 3. The lowest BCUT2D eigenvalue weighted by Crippen LogP contribution is -2.44. The maximum Gasteiger partial charge on any atom is 0.323 e. The number of carbonyl (C=O) groups is 1. The highest BCUT2D eigenvalue weighted by atomic mass is 35.5. The highest BCUT2D eigenvalue weighted by Crippen LogP contribution is 2.28. The highest BCUT2D eigenvalue weighted by Gasteiger charge is 2.23. The zero-order valence-electron chi connectivity index (χ0n) is 20.2. The molecule has 35 heavy (non-hydrogen) atoms. The molecule has 0 radical (unpaired) electrons. The minimum Gasteiger partial charge on any atom is -0.480 e. The van der Waals surface area contributed by atoms with Crippen LogP contribution in [0, 0.1) is 12.8 Å². The number of imidazole rings is 1. The molecular formula is C25H33ClN4O5. The van der Waals surface area contributed by atoms with Gasteiger partial charge in [-0.05, 0) is 50.5 Å². The van der Waals surface area contributed by atoms with E-state index in [9.17, 15) is 19.8 Å². The number of carboxylic acids is 1. The van der Waals surface area contributed by atoms with Crippen LogP contribution in [0.4, 0.5) is 0 Å². The number of carboxylic acid groups (broad SMARTS) is 1. The van der Waals surface area contributed by atoms with Crippen LogP contribution >= 0.6 is 12.4 Å². The Labute approximate surface area is 210 Å². The number of halogens is 1. The van der Waals surface area contributed by atoms with Crippen molar-refractivity contribution in [1.82, 2.24) is 19.4 Å². The second-order valence-electron chi connectivity index (χ2n) is 9.22. The van der Waals surface area contributed by atoms with Gasteiger partial charge in [0.2, 0.25) is 0 Å². The third-order valence-electron chi connectivity index (χ3n) is 6.40. The summed E-state index contributed by atoms with van der Waals surface area (Å²) in [6.45, 7) is 5.77. The molecule has 3 aromatic rings. The van der Waals surface area contributed by atoms with Crippen LogP contribution in [-0.2, 0) is 29.7 Å². The lowest BCUT2D eigenvalue weighted by molar-refractivity contribution is -0.142. The Morgan fingerprint density at radius 1 is 1.34 bits per heavy atom. The fraction of sp³-hybridized carbons (Fsp3) is 0.480. The first-order valence-electron chi connectivity index (χ1n) is 11.6. The summed E-state index contributed by atoms with van der Waals surface area (Å²) in [7, 11) is 1.74. The average Bonchev–Trinajstić information content (AvgIpc) is 3.15. The number of aliphatic carboxylic acids is 1. The van der Waals surface area contributed by atoms with Crippen LogP contribution in [0.2, 0.25) is 0 Å². The van der Waals surface area contributed by atoms with Gasteiger partial charge in [-0.2, -0.15) is 0 Å². The molecule has 0 spiro atoms. The van der Waals surface area contributed by atoms with Crippen molar-refractivity contribution in [2.24, 2.45) is 13.0 Å². The molecule has 1 aliphatic heterocycles. The molecule has 1 aliphatic rings. The van der Waals surface area contributed by atoms with Gasteiger partial charge in [0.05, 0.1) is 23.7 Å². The molecular weight excluding hydrogens is 472 g/mol. The summed E-state index contributed by atoms with van der Waals surface area (Å²) in [4.78, 5) is 28.6. The van der Waals surface area contributed by atoms with Crippen LogP contribution in [0.15, 0.2) is 35.3 Å². The predicted molar refractivity (Wildman–Crippen MR) is 136 cm³/mol. The number of nitrogens with one attached hydrogen (secondary N) is 1. The second kappa shape index (κ2) is 11.3. The van der Waals surface area contributed by atoms with Gasteiger partial charge in [0.15, 0.2) is 0 Å². The standard InChI is InChI=1S/C25H32N4O5.ClH/c1-15-9-19(13-28(3)24(15)31)23-27-20-7-6-17(11-26-22(16(2)30)25(32)33)10-21(20)29(23)12-18-5-4-8-34-14-18;/h6-7,9-10,13,16,18,22,26,30H,4-5,8,11-12,14H2,1-3H3,(H,32,33);1H. The van der Waals surface area contributed by atoms with Crippen molar-refractivity contribution in [1.29, 1.82) is 0 Å². The van der Waals surface area contributed by atoms with E-state index in [4.69, 9.17) is 9.72 Å². The molecule has 9 nitrogen and oxygen atoms in total. The van der Waals surface area contributed by atoms with Crippen LogP contribution in [-0.4, -0.2) is 55.7 Å². The van der Waals surface area contributed by atoms with Gasteiger partial charge < -0.3 is 24.1 Å². The summed E-state index contributed by atoms with van der Waals surface area (Å²) < 4.78 is 9.47. The molecule has 0 amide bonds. The Hall–Kier alpha value is -2.72. The molecule has 3 unspecified atom stereocenters. The van der Waals surface area contributed by atoms with E-state index in [1.54, 1.807) is 18.5 Å². The Morgan fingerprint density at radius 2 is 2.11 bits per heavy atom. The van der Waals surface area contributed by atoms with E-state index in [0.717, 1.165) is 54.0 Å². The summed E-state index contributed by atoms with van der Waals surface area (Å²) >= 11 is 0. The number of rotatable bonds is 8. The van der Waals surface area contributed by atoms with E-state index in [0.29, 0.717) is 24.6 Å². The first-order chi connectivity index (χ1) is 16.2. The van der Waals surface area contributed by atoms with Crippen LogP contribution in [0.25, 0.3) is 22.4 Å².